The summed E-state index contributed by atoms with van der Waals surface area (Å²) in [7, 11) is 1.52. The molecule has 3 rings (SSSR count). The first kappa shape index (κ1) is 20.3. The predicted octanol–water partition coefficient (Wildman–Crippen LogP) is 3.87. The Labute approximate surface area is 168 Å². The Balaban J connectivity index is 1.57. The largest absolute Gasteiger partial charge is 0.493 e. The normalized spacial score (nSPS) is 11.7. The van der Waals surface area contributed by atoms with Crippen molar-refractivity contribution >= 4 is 22.8 Å². The summed E-state index contributed by atoms with van der Waals surface area (Å²) >= 11 is 0. The molecule has 0 spiro atoms. The zero-order valence-electron chi connectivity index (χ0n) is 16.6. The monoisotopic (exact) mass is 397 g/mol. The second-order valence-corrected chi connectivity index (χ2v) is 6.35. The molecule has 3 aromatic rings. The maximum absolute atomic E-state index is 12.3. The molecule has 0 aliphatic rings. The standard InChI is InChI=1S/C22H23NO6/c1-4-27-20-12-16(9-10-18(20)26-3)22(25)28-13-21(24)23-14(2)19-11-15-7-5-6-8-17(15)29-19/h5-12,14H,4,13H2,1-3H3,(H,23,24)/t14-/m1/s1. The number of para-hydroxylation sites is 1. The third kappa shape index (κ3) is 4.87. The highest BCUT2D eigenvalue weighted by Gasteiger charge is 2.17. The van der Waals surface area contributed by atoms with Crippen LogP contribution in [0.2, 0.25) is 0 Å². The van der Waals surface area contributed by atoms with Crippen molar-refractivity contribution < 1.29 is 28.2 Å². The summed E-state index contributed by atoms with van der Waals surface area (Å²) in [6.07, 6.45) is 0. The average Bonchev–Trinajstić information content (AvgIpc) is 3.16. The minimum atomic E-state index is -0.625. The molecule has 7 nitrogen and oxygen atoms in total. The van der Waals surface area contributed by atoms with Crippen molar-refractivity contribution in [1.29, 1.82) is 0 Å². The van der Waals surface area contributed by atoms with E-state index < -0.39 is 18.5 Å². The van der Waals surface area contributed by atoms with Gasteiger partial charge in [0, 0.05) is 5.39 Å². The number of hydrogen-bond acceptors (Lipinski definition) is 6. The molecule has 1 atom stereocenters. The van der Waals surface area contributed by atoms with Gasteiger partial charge >= 0.3 is 5.97 Å². The number of nitrogens with one attached hydrogen (secondary N) is 1. The van der Waals surface area contributed by atoms with Crippen LogP contribution in [-0.2, 0) is 9.53 Å². The van der Waals surface area contributed by atoms with Gasteiger partial charge in [0.2, 0.25) is 0 Å². The fourth-order valence-corrected chi connectivity index (χ4v) is 2.86. The number of methoxy groups -OCH3 is 1. The molecule has 7 heteroatoms. The van der Waals surface area contributed by atoms with Crippen LogP contribution in [0, 0.1) is 0 Å². The minimum Gasteiger partial charge on any atom is -0.493 e. The Bertz CT molecular complexity index is 976. The zero-order valence-corrected chi connectivity index (χ0v) is 16.6. The number of benzene rings is 2. The third-order valence-electron chi connectivity index (χ3n) is 4.28. The van der Waals surface area contributed by atoms with Gasteiger partial charge in [0.05, 0.1) is 25.3 Å². The lowest BCUT2D eigenvalue weighted by Crippen LogP contribution is -2.31. The van der Waals surface area contributed by atoms with Gasteiger partial charge in [-0.25, -0.2) is 4.79 Å². The molecular weight excluding hydrogens is 374 g/mol. The number of fused-ring (bicyclic) bond motifs is 1. The smallest absolute Gasteiger partial charge is 0.338 e. The Hall–Kier alpha value is -3.48. The van der Waals surface area contributed by atoms with E-state index in [2.05, 4.69) is 5.32 Å². The summed E-state index contributed by atoms with van der Waals surface area (Å²) in [5.41, 5.74) is 1.02. The van der Waals surface area contributed by atoms with Crippen LogP contribution in [0.25, 0.3) is 11.0 Å². The molecule has 0 fully saturated rings. The quantitative estimate of drug-likeness (QED) is 0.581. The van der Waals surface area contributed by atoms with Gasteiger partial charge in [-0.15, -0.1) is 0 Å². The first-order valence-electron chi connectivity index (χ1n) is 9.27. The van der Waals surface area contributed by atoms with E-state index in [0.29, 0.717) is 23.9 Å². The highest BCUT2D eigenvalue weighted by molar-refractivity contribution is 5.92. The van der Waals surface area contributed by atoms with Crippen molar-refractivity contribution in [3.8, 4) is 11.5 Å². The summed E-state index contributed by atoms with van der Waals surface area (Å²) in [5.74, 6) is 0.528. The van der Waals surface area contributed by atoms with Crippen LogP contribution >= 0.6 is 0 Å². The molecule has 0 aliphatic heterocycles. The van der Waals surface area contributed by atoms with Crippen molar-refractivity contribution in [1.82, 2.24) is 5.32 Å². The second kappa shape index (κ2) is 9.14. The minimum absolute atomic E-state index is 0.271. The molecule has 0 saturated carbocycles. The summed E-state index contributed by atoms with van der Waals surface area (Å²) in [5, 5.41) is 3.72. The van der Waals surface area contributed by atoms with Crippen LogP contribution in [0.4, 0.5) is 0 Å². The number of carbonyl (C=O) groups is 2. The molecule has 0 aliphatic carbocycles. The van der Waals surface area contributed by atoms with Gasteiger partial charge in [0.25, 0.3) is 5.91 Å². The Kier molecular flexibility index (Phi) is 6.39. The molecule has 0 bridgehead atoms. The van der Waals surface area contributed by atoms with Gasteiger partial charge in [-0.2, -0.15) is 0 Å². The zero-order chi connectivity index (χ0) is 20.8. The predicted molar refractivity (Wildman–Crippen MR) is 107 cm³/mol. The van der Waals surface area contributed by atoms with Gasteiger partial charge in [-0.05, 0) is 44.2 Å². The van der Waals surface area contributed by atoms with E-state index in [1.165, 1.54) is 13.2 Å². The number of esters is 1. The number of hydrogen-bond donors (Lipinski definition) is 1. The first-order valence-corrected chi connectivity index (χ1v) is 9.27. The fourth-order valence-electron chi connectivity index (χ4n) is 2.86. The molecule has 0 radical (unpaired) electrons. The lowest BCUT2D eigenvalue weighted by atomic mass is 10.2. The van der Waals surface area contributed by atoms with Gasteiger partial charge in [-0.1, -0.05) is 18.2 Å². The molecule has 2 aromatic carbocycles. The Morgan fingerprint density at radius 3 is 2.62 bits per heavy atom. The van der Waals surface area contributed by atoms with Crippen LogP contribution in [0.1, 0.15) is 36.0 Å². The van der Waals surface area contributed by atoms with Crippen LogP contribution in [0.3, 0.4) is 0 Å². The first-order chi connectivity index (χ1) is 14.0. The van der Waals surface area contributed by atoms with Crippen molar-refractivity contribution in [2.75, 3.05) is 20.3 Å². The van der Waals surface area contributed by atoms with Crippen molar-refractivity contribution in [3.05, 3.63) is 59.9 Å². The summed E-state index contributed by atoms with van der Waals surface area (Å²) in [6.45, 7) is 3.66. The number of ether oxygens (including phenoxy) is 3. The van der Waals surface area contributed by atoms with Crippen molar-refractivity contribution in [2.45, 2.75) is 19.9 Å². The van der Waals surface area contributed by atoms with E-state index in [9.17, 15) is 9.59 Å². The van der Waals surface area contributed by atoms with E-state index in [4.69, 9.17) is 18.6 Å². The molecule has 1 aromatic heterocycles. The molecular formula is C22H23NO6. The molecule has 1 N–H and O–H groups in total. The van der Waals surface area contributed by atoms with Gasteiger partial charge in [0.1, 0.15) is 11.3 Å². The topological polar surface area (TPSA) is 87.0 Å². The SMILES string of the molecule is CCOc1cc(C(=O)OCC(=O)N[C@H](C)c2cc3ccccc3o2)ccc1OC. The average molecular weight is 397 g/mol. The molecule has 0 saturated heterocycles. The maximum Gasteiger partial charge on any atom is 0.338 e. The Morgan fingerprint density at radius 2 is 1.90 bits per heavy atom. The van der Waals surface area contributed by atoms with Gasteiger partial charge in [0.15, 0.2) is 18.1 Å². The summed E-state index contributed by atoms with van der Waals surface area (Å²) in [6, 6.07) is 13.8. The van der Waals surface area contributed by atoms with E-state index in [1.807, 2.05) is 37.3 Å². The van der Waals surface area contributed by atoms with E-state index in [-0.39, 0.29) is 11.6 Å². The van der Waals surface area contributed by atoms with E-state index in [0.717, 1.165) is 11.0 Å². The molecule has 152 valence electrons. The van der Waals surface area contributed by atoms with Crippen molar-refractivity contribution in [2.24, 2.45) is 0 Å². The van der Waals surface area contributed by atoms with Crippen molar-refractivity contribution in [3.63, 3.8) is 0 Å². The van der Waals surface area contributed by atoms with Gasteiger partial charge in [-0.3, -0.25) is 4.79 Å². The Morgan fingerprint density at radius 1 is 1.10 bits per heavy atom. The van der Waals surface area contributed by atoms with Crippen LogP contribution in [-0.4, -0.2) is 32.2 Å². The molecule has 0 unspecified atom stereocenters. The van der Waals surface area contributed by atoms with Crippen LogP contribution < -0.4 is 14.8 Å². The summed E-state index contributed by atoms with van der Waals surface area (Å²) in [4.78, 5) is 24.4. The number of rotatable bonds is 8. The van der Waals surface area contributed by atoms with Crippen LogP contribution in [0.15, 0.2) is 52.9 Å². The van der Waals surface area contributed by atoms with Gasteiger partial charge < -0.3 is 23.9 Å². The van der Waals surface area contributed by atoms with E-state index >= 15 is 0 Å². The second-order valence-electron chi connectivity index (χ2n) is 6.35. The molecule has 1 heterocycles. The summed E-state index contributed by atoms with van der Waals surface area (Å²) < 4.78 is 21.5. The maximum atomic E-state index is 12.3. The van der Waals surface area contributed by atoms with E-state index in [1.54, 1.807) is 19.1 Å². The third-order valence-corrected chi connectivity index (χ3v) is 4.28. The molecule has 1 amide bonds. The highest BCUT2D eigenvalue weighted by atomic mass is 16.5. The lowest BCUT2D eigenvalue weighted by molar-refractivity contribution is -0.125. The number of furan rings is 1. The lowest BCUT2D eigenvalue weighted by Gasteiger charge is -2.13. The highest BCUT2D eigenvalue weighted by Crippen LogP contribution is 2.28. The molecule has 29 heavy (non-hydrogen) atoms. The number of carbonyl (C=O) groups excluding carboxylic acids is 2. The fraction of sp³-hybridized carbons (Fsp3) is 0.273. The van der Waals surface area contributed by atoms with Crippen LogP contribution in [0.5, 0.6) is 11.5 Å². The number of amides is 1.